The van der Waals surface area contributed by atoms with Gasteiger partial charge in [-0.1, -0.05) is 12.1 Å². The van der Waals surface area contributed by atoms with Crippen LogP contribution in [0.25, 0.3) is 0 Å². The Morgan fingerprint density at radius 1 is 0.903 bits per heavy atom. The highest BCUT2D eigenvalue weighted by molar-refractivity contribution is 5.96. The summed E-state index contributed by atoms with van der Waals surface area (Å²) in [6, 6.07) is 9.63. The molecule has 0 aliphatic carbocycles. The van der Waals surface area contributed by atoms with Crippen LogP contribution in [-0.2, 0) is 19.1 Å². The molecule has 0 heterocycles. The Balaban J connectivity index is 2.54. The molecule has 0 saturated heterocycles. The largest absolute Gasteiger partial charge is 0.465 e. The third kappa shape index (κ3) is 5.98. The molecular weight excluding hydrogens is 410 g/mol. The van der Waals surface area contributed by atoms with Crippen molar-refractivity contribution < 1.29 is 28.9 Å². The van der Waals surface area contributed by atoms with Crippen molar-refractivity contribution in [3.63, 3.8) is 0 Å². The van der Waals surface area contributed by atoms with Gasteiger partial charge in [0, 0.05) is 30.0 Å². The van der Waals surface area contributed by atoms with E-state index < -0.39 is 33.7 Å². The minimum absolute atomic E-state index is 0.00786. The van der Waals surface area contributed by atoms with Crippen molar-refractivity contribution >= 4 is 29.0 Å². The molecule has 1 N–H and O–H groups in total. The molecule has 2 aromatic rings. The number of esters is 2. The second kappa shape index (κ2) is 10.7. The van der Waals surface area contributed by atoms with Crippen LogP contribution in [0.2, 0.25) is 0 Å². The lowest BCUT2D eigenvalue weighted by Crippen LogP contribution is -2.36. The monoisotopic (exact) mass is 431 g/mol. The molecule has 0 bridgehead atoms. The van der Waals surface area contributed by atoms with Crippen LogP contribution in [0.1, 0.15) is 25.5 Å². The normalized spacial score (nSPS) is 11.5. The predicted octanol–water partition coefficient (Wildman–Crippen LogP) is 3.40. The lowest BCUT2D eigenvalue weighted by molar-refractivity contribution is -0.385. The van der Waals surface area contributed by atoms with E-state index >= 15 is 0 Å². The Bertz CT molecular complexity index is 943. The van der Waals surface area contributed by atoms with Gasteiger partial charge in [-0.05, 0) is 31.5 Å². The van der Waals surface area contributed by atoms with E-state index in [-0.39, 0.29) is 30.2 Å². The topological polar surface area (TPSA) is 151 Å². The molecule has 1 unspecified atom stereocenters. The van der Waals surface area contributed by atoms with Gasteiger partial charge in [-0.15, -0.1) is 0 Å². The maximum Gasteiger partial charge on any atom is 0.322 e. The highest BCUT2D eigenvalue weighted by atomic mass is 16.6. The first-order valence-electron chi connectivity index (χ1n) is 9.37. The van der Waals surface area contributed by atoms with Gasteiger partial charge >= 0.3 is 11.9 Å². The van der Waals surface area contributed by atoms with Crippen LogP contribution in [0.4, 0.5) is 17.1 Å². The number of nitrogens with zero attached hydrogens (tertiary/aromatic N) is 2. The zero-order valence-corrected chi connectivity index (χ0v) is 16.8. The molecule has 11 nitrogen and oxygen atoms in total. The van der Waals surface area contributed by atoms with E-state index in [9.17, 15) is 29.8 Å². The number of nitrogens with one attached hydrogen (secondary N) is 1. The van der Waals surface area contributed by atoms with E-state index in [0.29, 0.717) is 5.69 Å². The summed E-state index contributed by atoms with van der Waals surface area (Å²) in [5.74, 6) is -3.21. The Morgan fingerprint density at radius 2 is 1.45 bits per heavy atom. The average Bonchev–Trinajstić information content (AvgIpc) is 2.74. The van der Waals surface area contributed by atoms with Crippen molar-refractivity contribution in [3.05, 3.63) is 74.3 Å². The summed E-state index contributed by atoms with van der Waals surface area (Å²) in [5.41, 5.74) is 0.226. The van der Waals surface area contributed by atoms with Crippen molar-refractivity contribution in [2.24, 2.45) is 5.92 Å². The number of hydrogen-bond acceptors (Lipinski definition) is 9. The maximum atomic E-state index is 12.6. The lowest BCUT2D eigenvalue weighted by Gasteiger charge is -2.26. The Labute approximate surface area is 177 Å². The molecule has 31 heavy (non-hydrogen) atoms. The molecule has 0 saturated carbocycles. The fraction of sp³-hybridized carbons (Fsp3) is 0.300. The molecule has 2 rings (SSSR count). The van der Waals surface area contributed by atoms with Gasteiger partial charge in [-0.3, -0.25) is 29.8 Å². The molecule has 11 heteroatoms. The summed E-state index contributed by atoms with van der Waals surface area (Å²) in [5, 5.41) is 25.1. The van der Waals surface area contributed by atoms with Gasteiger partial charge in [-0.25, -0.2) is 0 Å². The number of anilines is 1. The maximum absolute atomic E-state index is 12.6. The fourth-order valence-corrected chi connectivity index (χ4v) is 2.88. The zero-order chi connectivity index (χ0) is 23.0. The molecule has 0 aliphatic rings. The summed E-state index contributed by atoms with van der Waals surface area (Å²) in [6.07, 6.45) is 0. The Morgan fingerprint density at radius 3 is 1.94 bits per heavy atom. The van der Waals surface area contributed by atoms with E-state index in [1.54, 1.807) is 13.8 Å². The van der Waals surface area contributed by atoms with Gasteiger partial charge in [0.15, 0.2) is 5.92 Å². The van der Waals surface area contributed by atoms with Crippen LogP contribution < -0.4 is 5.32 Å². The van der Waals surface area contributed by atoms with Gasteiger partial charge in [0.25, 0.3) is 11.4 Å². The highest BCUT2D eigenvalue weighted by Gasteiger charge is 2.39. The van der Waals surface area contributed by atoms with Crippen LogP contribution in [0.15, 0.2) is 48.5 Å². The minimum Gasteiger partial charge on any atom is -0.465 e. The molecule has 0 amide bonds. The fourth-order valence-electron chi connectivity index (χ4n) is 2.88. The predicted molar refractivity (Wildman–Crippen MR) is 109 cm³/mol. The number of carbonyl (C=O) groups is 2. The van der Waals surface area contributed by atoms with Crippen LogP contribution >= 0.6 is 0 Å². The van der Waals surface area contributed by atoms with Gasteiger partial charge in [-0.2, -0.15) is 0 Å². The summed E-state index contributed by atoms with van der Waals surface area (Å²) >= 11 is 0. The van der Waals surface area contributed by atoms with E-state index in [1.807, 2.05) is 0 Å². The van der Waals surface area contributed by atoms with E-state index in [2.05, 4.69) is 5.32 Å². The van der Waals surface area contributed by atoms with Crippen LogP contribution in [0, 0.1) is 26.1 Å². The molecule has 0 aliphatic heterocycles. The number of benzene rings is 2. The van der Waals surface area contributed by atoms with Crippen molar-refractivity contribution in [3.8, 4) is 0 Å². The van der Waals surface area contributed by atoms with Gasteiger partial charge in [0.05, 0.1) is 29.1 Å². The van der Waals surface area contributed by atoms with Crippen LogP contribution in [0.5, 0.6) is 0 Å². The molecule has 164 valence electrons. The number of ether oxygens (including phenoxy) is 2. The number of hydrogen-bond donors (Lipinski definition) is 1. The third-order valence-electron chi connectivity index (χ3n) is 4.25. The molecule has 0 fully saturated rings. The molecular formula is C20H21N3O8. The summed E-state index contributed by atoms with van der Waals surface area (Å²) in [7, 11) is 0. The standard InChI is InChI=1S/C20H21N3O8/c1-3-30-19(24)17(20(25)31-4-2)18(13-6-5-7-16(12-13)23(28)29)21-14-8-10-15(11-9-14)22(26)27/h5-12,17-18,21H,3-4H2,1-2H3. The van der Waals surface area contributed by atoms with Crippen LogP contribution in [-0.4, -0.2) is 35.0 Å². The number of nitro benzene ring substituents is 2. The highest BCUT2D eigenvalue weighted by Crippen LogP contribution is 2.31. The summed E-state index contributed by atoms with van der Waals surface area (Å²) < 4.78 is 10.1. The second-order valence-corrected chi connectivity index (χ2v) is 6.26. The first-order chi connectivity index (χ1) is 14.8. The van der Waals surface area contributed by atoms with Gasteiger partial charge in [0.2, 0.25) is 0 Å². The number of rotatable bonds is 10. The van der Waals surface area contributed by atoms with Gasteiger partial charge in [0.1, 0.15) is 0 Å². The molecule has 0 aromatic heterocycles. The van der Waals surface area contributed by atoms with E-state index in [4.69, 9.17) is 9.47 Å². The van der Waals surface area contributed by atoms with E-state index in [0.717, 1.165) is 0 Å². The van der Waals surface area contributed by atoms with Gasteiger partial charge < -0.3 is 14.8 Å². The van der Waals surface area contributed by atoms with Crippen molar-refractivity contribution in [1.29, 1.82) is 0 Å². The average molecular weight is 431 g/mol. The quantitative estimate of drug-likeness (QED) is 0.258. The number of non-ortho nitro benzene ring substituents is 2. The number of nitro groups is 2. The van der Waals surface area contributed by atoms with Crippen molar-refractivity contribution in [2.45, 2.75) is 19.9 Å². The minimum atomic E-state index is -1.47. The Hall–Kier alpha value is -4.02. The molecule has 0 radical (unpaired) electrons. The van der Waals surface area contributed by atoms with Crippen LogP contribution in [0.3, 0.4) is 0 Å². The lowest BCUT2D eigenvalue weighted by atomic mass is 9.92. The summed E-state index contributed by atoms with van der Waals surface area (Å²) in [4.78, 5) is 46.2. The van der Waals surface area contributed by atoms with Crippen molar-refractivity contribution in [2.75, 3.05) is 18.5 Å². The molecule has 1 atom stereocenters. The van der Waals surface area contributed by atoms with Crippen molar-refractivity contribution in [1.82, 2.24) is 0 Å². The Kier molecular flexibility index (Phi) is 8.01. The molecule has 0 spiro atoms. The second-order valence-electron chi connectivity index (χ2n) is 6.26. The SMILES string of the molecule is CCOC(=O)C(C(=O)OCC)C(Nc1ccc([N+](=O)[O-])cc1)c1cccc([N+](=O)[O-])c1. The first-order valence-corrected chi connectivity index (χ1v) is 9.37. The number of carbonyl (C=O) groups excluding carboxylic acids is 2. The zero-order valence-electron chi connectivity index (χ0n) is 16.8. The first kappa shape index (κ1) is 23.3. The van der Waals surface area contributed by atoms with E-state index in [1.165, 1.54) is 48.5 Å². The summed E-state index contributed by atoms with van der Waals surface area (Å²) in [6.45, 7) is 3.17. The third-order valence-corrected chi connectivity index (χ3v) is 4.25. The molecule has 2 aromatic carbocycles. The smallest absolute Gasteiger partial charge is 0.322 e.